The highest BCUT2D eigenvalue weighted by atomic mass is 16.3. The molecule has 0 aromatic heterocycles. The van der Waals surface area contributed by atoms with E-state index in [0.29, 0.717) is 6.04 Å². The molecule has 4 nitrogen and oxygen atoms in total. The van der Waals surface area contributed by atoms with E-state index in [-0.39, 0.29) is 18.7 Å². The highest BCUT2D eigenvalue weighted by molar-refractivity contribution is 5.85. The Balaban J connectivity index is 1.90. The number of rotatable bonds is 9. The van der Waals surface area contributed by atoms with Crippen LogP contribution in [0, 0.1) is 0 Å². The van der Waals surface area contributed by atoms with E-state index >= 15 is 0 Å². The standard InChI is InChI=1S/C25H33N3O/c1-18(2)27(4)24-23(26-22(17-29)16-20-12-8-6-9-13-20)25(24)28(5)19(3)21-14-10-7-11-15-21/h6-15,18-19,22,29H,16-17H2,1-5H3/b26-23+/t19-,22+/m1/s1. The molecule has 1 N–H and O–H groups in total. The Bertz CT molecular complexity index is 910. The molecule has 0 heterocycles. The smallest absolute Gasteiger partial charge is 0.109 e. The van der Waals surface area contributed by atoms with Crippen molar-refractivity contribution in [1.29, 1.82) is 0 Å². The number of anilines is 2. The molecule has 0 saturated carbocycles. The molecule has 0 radical (unpaired) electrons. The van der Waals surface area contributed by atoms with Crippen molar-refractivity contribution in [3.05, 3.63) is 77.1 Å². The van der Waals surface area contributed by atoms with Gasteiger partial charge in [0.1, 0.15) is 5.36 Å². The molecule has 0 aliphatic carbocycles. The predicted octanol–water partition coefficient (Wildman–Crippen LogP) is 4.11. The third-order valence-corrected chi connectivity index (χ3v) is 5.79. The summed E-state index contributed by atoms with van der Waals surface area (Å²) in [4.78, 5) is 9.56. The molecule has 0 aliphatic rings. The first kappa shape index (κ1) is 21.1. The van der Waals surface area contributed by atoms with Gasteiger partial charge in [0.15, 0.2) is 0 Å². The molecule has 154 valence electrons. The molecule has 0 unspecified atom stereocenters. The SMILES string of the molecule is CC(C)N(C)c1c(N(C)[C@H](C)c2ccccc2)/c1=N/[C@H](CO)Cc1ccccc1. The molecule has 2 atom stereocenters. The molecule has 29 heavy (non-hydrogen) atoms. The molecular weight excluding hydrogens is 358 g/mol. The summed E-state index contributed by atoms with van der Waals surface area (Å²) in [5.74, 6) is 0. The Kier molecular flexibility index (Phi) is 6.75. The summed E-state index contributed by atoms with van der Waals surface area (Å²) >= 11 is 0. The number of benzene rings is 2. The molecule has 0 amide bonds. The van der Waals surface area contributed by atoms with Crippen LogP contribution >= 0.6 is 0 Å². The number of nitrogens with zero attached hydrogens (tertiary/aromatic N) is 3. The first-order valence-electron chi connectivity index (χ1n) is 10.4. The summed E-state index contributed by atoms with van der Waals surface area (Å²) in [7, 11) is 4.25. The summed E-state index contributed by atoms with van der Waals surface area (Å²) in [5, 5.41) is 11.0. The lowest BCUT2D eigenvalue weighted by molar-refractivity contribution is 0.264. The van der Waals surface area contributed by atoms with E-state index in [1.807, 2.05) is 24.3 Å². The lowest BCUT2D eigenvalue weighted by Gasteiger charge is -2.26. The molecule has 0 saturated heterocycles. The third-order valence-electron chi connectivity index (χ3n) is 5.79. The Hall–Kier alpha value is -2.59. The second-order valence-electron chi connectivity index (χ2n) is 8.10. The minimum absolute atomic E-state index is 0.0439. The Morgan fingerprint density at radius 2 is 1.38 bits per heavy atom. The Morgan fingerprint density at radius 1 is 0.828 bits per heavy atom. The van der Waals surface area contributed by atoms with Crippen molar-refractivity contribution >= 4 is 11.4 Å². The fourth-order valence-electron chi connectivity index (χ4n) is 3.58. The lowest BCUT2D eigenvalue weighted by Crippen LogP contribution is -2.25. The number of aliphatic hydroxyl groups is 1. The van der Waals surface area contributed by atoms with E-state index in [2.05, 4.69) is 81.1 Å². The van der Waals surface area contributed by atoms with Crippen LogP contribution < -0.4 is 15.2 Å². The van der Waals surface area contributed by atoms with Crippen LogP contribution in [-0.4, -0.2) is 37.9 Å². The van der Waals surface area contributed by atoms with E-state index in [9.17, 15) is 5.11 Å². The summed E-state index contributed by atoms with van der Waals surface area (Å²) in [6.07, 6.45) is 0.741. The van der Waals surface area contributed by atoms with Crippen LogP contribution in [0.5, 0.6) is 0 Å². The third kappa shape index (κ3) is 4.88. The van der Waals surface area contributed by atoms with Crippen molar-refractivity contribution in [1.82, 2.24) is 0 Å². The van der Waals surface area contributed by atoms with Crippen molar-refractivity contribution in [3.63, 3.8) is 0 Å². The van der Waals surface area contributed by atoms with E-state index < -0.39 is 0 Å². The van der Waals surface area contributed by atoms with Gasteiger partial charge in [-0.1, -0.05) is 60.7 Å². The zero-order valence-corrected chi connectivity index (χ0v) is 18.2. The molecular formula is C25H33N3O. The average molecular weight is 392 g/mol. The minimum atomic E-state index is -0.138. The fraction of sp³-hybridized carbons (Fsp3) is 0.400. The molecule has 0 bridgehead atoms. The number of hydrogen-bond acceptors (Lipinski definition) is 4. The monoisotopic (exact) mass is 391 g/mol. The van der Waals surface area contributed by atoms with Gasteiger partial charge < -0.3 is 14.9 Å². The van der Waals surface area contributed by atoms with Crippen LogP contribution in [0.4, 0.5) is 11.4 Å². The Morgan fingerprint density at radius 3 is 1.93 bits per heavy atom. The highest BCUT2D eigenvalue weighted by Gasteiger charge is 2.31. The van der Waals surface area contributed by atoms with Crippen LogP contribution in [0.2, 0.25) is 0 Å². The van der Waals surface area contributed by atoms with Crippen LogP contribution in [0.15, 0.2) is 65.7 Å². The van der Waals surface area contributed by atoms with Crippen LogP contribution in [0.1, 0.15) is 37.9 Å². The van der Waals surface area contributed by atoms with Gasteiger partial charge in [-0.2, -0.15) is 0 Å². The largest absolute Gasteiger partial charge is 0.394 e. The zero-order valence-electron chi connectivity index (χ0n) is 18.2. The van der Waals surface area contributed by atoms with Crippen molar-refractivity contribution in [2.24, 2.45) is 4.99 Å². The van der Waals surface area contributed by atoms with Gasteiger partial charge >= 0.3 is 0 Å². The van der Waals surface area contributed by atoms with Crippen molar-refractivity contribution in [2.45, 2.75) is 45.3 Å². The van der Waals surface area contributed by atoms with Crippen LogP contribution in [-0.2, 0) is 6.42 Å². The Labute approximate surface area is 174 Å². The molecule has 0 aliphatic heterocycles. The molecule has 0 fully saturated rings. The van der Waals surface area contributed by atoms with E-state index in [1.165, 1.54) is 22.5 Å². The maximum absolute atomic E-state index is 9.96. The molecule has 4 heteroatoms. The summed E-state index contributed by atoms with van der Waals surface area (Å²) < 4.78 is 0. The van der Waals surface area contributed by atoms with Gasteiger partial charge in [0, 0.05) is 20.1 Å². The number of aliphatic hydroxyl groups excluding tert-OH is 1. The van der Waals surface area contributed by atoms with Crippen molar-refractivity contribution in [2.75, 3.05) is 30.5 Å². The molecule has 3 aromatic rings. The summed E-state index contributed by atoms with van der Waals surface area (Å²) in [6, 6.07) is 21.3. The van der Waals surface area contributed by atoms with Crippen molar-refractivity contribution in [3.8, 4) is 0 Å². The molecule has 3 aromatic carbocycles. The van der Waals surface area contributed by atoms with E-state index in [4.69, 9.17) is 4.99 Å². The molecule has 0 spiro atoms. The second kappa shape index (κ2) is 9.27. The van der Waals surface area contributed by atoms with Gasteiger partial charge in [-0.15, -0.1) is 0 Å². The van der Waals surface area contributed by atoms with Gasteiger partial charge in [-0.25, -0.2) is 0 Å². The van der Waals surface area contributed by atoms with Gasteiger partial charge in [0.2, 0.25) is 0 Å². The van der Waals surface area contributed by atoms with E-state index in [0.717, 1.165) is 11.8 Å². The molecule has 3 rings (SSSR count). The van der Waals surface area contributed by atoms with Gasteiger partial charge in [0.05, 0.1) is 30.1 Å². The first-order chi connectivity index (χ1) is 13.9. The number of hydrogen-bond donors (Lipinski definition) is 1. The van der Waals surface area contributed by atoms with Crippen LogP contribution in [0.25, 0.3) is 0 Å². The summed E-state index contributed by atoms with van der Waals surface area (Å²) in [6.45, 7) is 6.64. The second-order valence-corrected chi connectivity index (χ2v) is 8.10. The van der Waals surface area contributed by atoms with Gasteiger partial charge in [0.25, 0.3) is 0 Å². The normalized spacial score (nSPS) is 14.4. The highest BCUT2D eigenvalue weighted by Crippen LogP contribution is 2.37. The topological polar surface area (TPSA) is 39.1 Å². The minimum Gasteiger partial charge on any atom is -0.394 e. The average Bonchev–Trinajstić information content (AvgIpc) is 3.46. The van der Waals surface area contributed by atoms with E-state index in [1.54, 1.807) is 0 Å². The fourth-order valence-corrected chi connectivity index (χ4v) is 3.58. The van der Waals surface area contributed by atoms with Gasteiger partial charge in [-0.05, 0) is 38.3 Å². The van der Waals surface area contributed by atoms with Crippen molar-refractivity contribution < 1.29 is 5.11 Å². The predicted molar refractivity (Wildman–Crippen MR) is 122 cm³/mol. The van der Waals surface area contributed by atoms with Crippen LogP contribution in [0.3, 0.4) is 0 Å². The quantitative estimate of drug-likeness (QED) is 0.597. The lowest BCUT2D eigenvalue weighted by atomic mass is 10.1. The summed E-state index contributed by atoms with van der Waals surface area (Å²) in [5.41, 5.74) is 4.85. The maximum Gasteiger partial charge on any atom is 0.109 e. The van der Waals surface area contributed by atoms with Gasteiger partial charge in [-0.3, -0.25) is 4.99 Å². The first-order valence-corrected chi connectivity index (χ1v) is 10.4. The maximum atomic E-state index is 9.96. The zero-order chi connectivity index (χ0) is 21.0.